The SMILES string of the molecule is CNC(=O)CCCCCNC(=O)CN1CC(=O)NCCOC2O[C@H](CCC2O)OC2CC[C@H](C)OC2OCCNC(=O)C1. The van der Waals surface area contributed by atoms with Crippen molar-refractivity contribution < 1.29 is 48.0 Å². The molecule has 4 unspecified atom stereocenters. The Bertz CT molecular complexity index is 896. The third-order valence-corrected chi connectivity index (χ3v) is 7.35. The van der Waals surface area contributed by atoms with Gasteiger partial charge in [-0.2, -0.15) is 0 Å². The van der Waals surface area contributed by atoms with Gasteiger partial charge in [0.2, 0.25) is 23.6 Å². The van der Waals surface area contributed by atoms with Crippen LogP contribution in [0.1, 0.15) is 58.3 Å². The molecule has 3 heterocycles. The smallest absolute Gasteiger partial charge is 0.234 e. The van der Waals surface area contributed by atoms with Crippen LogP contribution in [0, 0.1) is 0 Å². The van der Waals surface area contributed by atoms with E-state index in [-0.39, 0.29) is 81.8 Å². The molecular formula is C28H49N5O10. The van der Waals surface area contributed by atoms with Gasteiger partial charge in [0, 0.05) is 39.5 Å². The van der Waals surface area contributed by atoms with E-state index in [0.717, 1.165) is 19.3 Å². The summed E-state index contributed by atoms with van der Waals surface area (Å²) >= 11 is 0. The molecule has 2 bridgehead atoms. The predicted octanol–water partition coefficient (Wildman–Crippen LogP) is -1.28. The van der Waals surface area contributed by atoms with E-state index in [2.05, 4.69) is 21.3 Å². The van der Waals surface area contributed by atoms with Crippen LogP contribution in [0.25, 0.3) is 0 Å². The summed E-state index contributed by atoms with van der Waals surface area (Å²) < 4.78 is 29.6. The number of ether oxygens (including phenoxy) is 5. The number of hydrogen-bond donors (Lipinski definition) is 5. The number of aliphatic hydroxyl groups excluding tert-OH is 1. The van der Waals surface area contributed by atoms with Crippen LogP contribution in [0.15, 0.2) is 0 Å². The van der Waals surface area contributed by atoms with Crippen LogP contribution >= 0.6 is 0 Å². The molecule has 0 radical (unpaired) electrons. The van der Waals surface area contributed by atoms with Crippen molar-refractivity contribution in [3.63, 3.8) is 0 Å². The van der Waals surface area contributed by atoms with Gasteiger partial charge in [-0.25, -0.2) is 0 Å². The van der Waals surface area contributed by atoms with Crippen LogP contribution in [0.5, 0.6) is 0 Å². The lowest BCUT2D eigenvalue weighted by Gasteiger charge is -2.39. The van der Waals surface area contributed by atoms with Crippen molar-refractivity contribution >= 4 is 23.6 Å². The van der Waals surface area contributed by atoms with Gasteiger partial charge in [0.05, 0.1) is 39.0 Å². The molecule has 0 aromatic heterocycles. The summed E-state index contributed by atoms with van der Waals surface area (Å²) in [4.78, 5) is 50.7. The van der Waals surface area contributed by atoms with Crippen molar-refractivity contribution in [1.82, 2.24) is 26.2 Å². The Labute approximate surface area is 253 Å². The van der Waals surface area contributed by atoms with E-state index in [0.29, 0.717) is 38.6 Å². The molecule has 3 fully saturated rings. The Balaban J connectivity index is 1.54. The standard InChI is InChI=1S/C28H49N5O10/c1-19-7-9-21-28(41-19)40-15-13-32-25(38)18-33(16-23(36)30-11-5-3-4-6-22(35)29-2)17-24(37)31-12-14-39-27-20(34)8-10-26(42-21)43-27/h19-21,26-28,34H,3-18H2,1-2H3,(H,29,35)(H,30,36)(H,31,37)(H,32,38)/t19-,20?,21?,26+,27?,28?/m0/s1. The van der Waals surface area contributed by atoms with Crippen LogP contribution in [0.3, 0.4) is 0 Å². The van der Waals surface area contributed by atoms with Crippen molar-refractivity contribution in [2.24, 2.45) is 0 Å². The van der Waals surface area contributed by atoms with E-state index in [1.807, 2.05) is 6.92 Å². The highest BCUT2D eigenvalue weighted by Crippen LogP contribution is 2.28. The van der Waals surface area contributed by atoms with E-state index < -0.39 is 25.0 Å². The average Bonchev–Trinajstić information content (AvgIpc) is 2.97. The summed E-state index contributed by atoms with van der Waals surface area (Å²) in [5.41, 5.74) is 0. The highest BCUT2D eigenvalue weighted by atomic mass is 16.8. The fraction of sp³-hybridized carbons (Fsp3) is 0.857. The van der Waals surface area contributed by atoms with Gasteiger partial charge in [-0.3, -0.25) is 24.1 Å². The highest BCUT2D eigenvalue weighted by Gasteiger charge is 2.37. The maximum absolute atomic E-state index is 12.7. The number of carbonyl (C=O) groups excluding carboxylic acids is 4. The Hall–Kier alpha value is -2.40. The molecule has 15 heteroatoms. The lowest BCUT2D eigenvalue weighted by atomic mass is 10.1. The second kappa shape index (κ2) is 19.1. The van der Waals surface area contributed by atoms with Gasteiger partial charge in [-0.05, 0) is 39.0 Å². The maximum atomic E-state index is 12.7. The maximum Gasteiger partial charge on any atom is 0.234 e. The summed E-state index contributed by atoms with van der Waals surface area (Å²) in [6.45, 7) is 2.47. The van der Waals surface area contributed by atoms with Crippen LogP contribution in [-0.2, 0) is 42.9 Å². The molecule has 15 nitrogen and oxygen atoms in total. The van der Waals surface area contributed by atoms with Crippen molar-refractivity contribution in [2.45, 2.75) is 95.5 Å². The largest absolute Gasteiger partial charge is 0.388 e. The number of aliphatic hydroxyl groups is 1. The second-order valence-electron chi connectivity index (χ2n) is 11.1. The fourth-order valence-corrected chi connectivity index (χ4v) is 5.01. The average molecular weight is 616 g/mol. The number of hydrogen-bond acceptors (Lipinski definition) is 11. The summed E-state index contributed by atoms with van der Waals surface area (Å²) in [6, 6.07) is 0. The Morgan fingerprint density at radius 1 is 0.884 bits per heavy atom. The zero-order chi connectivity index (χ0) is 31.0. The number of carbonyl (C=O) groups is 4. The minimum absolute atomic E-state index is 0.0153. The Kier molecular flexibility index (Phi) is 15.6. The van der Waals surface area contributed by atoms with Crippen molar-refractivity contribution in [2.75, 3.05) is 59.5 Å². The first-order valence-corrected chi connectivity index (χ1v) is 15.3. The molecule has 4 amide bonds. The van der Waals surface area contributed by atoms with Crippen LogP contribution in [0.4, 0.5) is 0 Å². The molecule has 0 aromatic carbocycles. The minimum Gasteiger partial charge on any atom is -0.388 e. The van der Waals surface area contributed by atoms with Gasteiger partial charge in [-0.15, -0.1) is 0 Å². The first kappa shape index (κ1) is 35.1. The third-order valence-electron chi connectivity index (χ3n) is 7.35. The molecule has 3 aliphatic rings. The summed E-state index contributed by atoms with van der Waals surface area (Å²) in [6.07, 6.45) is 1.64. The molecule has 246 valence electrons. The normalized spacial score (nSPS) is 30.4. The molecule has 6 atom stereocenters. The predicted molar refractivity (Wildman–Crippen MR) is 152 cm³/mol. The minimum atomic E-state index is -0.911. The van der Waals surface area contributed by atoms with Crippen LogP contribution < -0.4 is 21.3 Å². The summed E-state index contributed by atoms with van der Waals surface area (Å²) in [5.74, 6) is -1.08. The highest BCUT2D eigenvalue weighted by molar-refractivity contribution is 5.84. The molecule has 0 spiro atoms. The zero-order valence-corrected chi connectivity index (χ0v) is 25.3. The first-order chi connectivity index (χ1) is 20.7. The molecule has 0 aromatic rings. The molecule has 5 N–H and O–H groups in total. The van der Waals surface area contributed by atoms with Crippen LogP contribution in [0.2, 0.25) is 0 Å². The fourth-order valence-electron chi connectivity index (χ4n) is 5.01. The molecular weight excluding hydrogens is 566 g/mol. The van der Waals surface area contributed by atoms with Gasteiger partial charge in [0.15, 0.2) is 18.9 Å². The van der Waals surface area contributed by atoms with E-state index in [4.69, 9.17) is 23.7 Å². The molecule has 43 heavy (non-hydrogen) atoms. The second-order valence-corrected chi connectivity index (χ2v) is 11.1. The summed E-state index contributed by atoms with van der Waals surface area (Å²) in [7, 11) is 1.60. The van der Waals surface area contributed by atoms with Gasteiger partial charge in [0.25, 0.3) is 0 Å². The van der Waals surface area contributed by atoms with Gasteiger partial charge in [0.1, 0.15) is 12.2 Å². The number of nitrogens with one attached hydrogen (secondary N) is 4. The number of nitrogens with zero attached hydrogens (tertiary/aromatic N) is 1. The molecule has 0 saturated carbocycles. The number of fused-ring (bicyclic) bond motifs is 3. The third kappa shape index (κ3) is 13.4. The van der Waals surface area contributed by atoms with Crippen LogP contribution in [-0.4, -0.2) is 130 Å². The molecule has 3 rings (SSSR count). The van der Waals surface area contributed by atoms with Gasteiger partial charge >= 0.3 is 0 Å². The van der Waals surface area contributed by atoms with Crippen molar-refractivity contribution in [3.05, 3.63) is 0 Å². The molecule has 3 saturated heterocycles. The van der Waals surface area contributed by atoms with E-state index in [9.17, 15) is 24.3 Å². The Morgan fingerprint density at radius 2 is 1.58 bits per heavy atom. The topological polar surface area (TPSA) is 186 Å². The van der Waals surface area contributed by atoms with Crippen molar-refractivity contribution in [3.8, 4) is 0 Å². The van der Waals surface area contributed by atoms with Gasteiger partial charge < -0.3 is 50.1 Å². The number of amides is 4. The Morgan fingerprint density at radius 3 is 2.28 bits per heavy atom. The van der Waals surface area contributed by atoms with E-state index in [1.165, 1.54) is 4.90 Å². The monoisotopic (exact) mass is 615 g/mol. The number of rotatable bonds is 8. The number of unbranched alkanes of at least 4 members (excludes halogenated alkanes) is 2. The van der Waals surface area contributed by atoms with E-state index in [1.54, 1.807) is 7.05 Å². The van der Waals surface area contributed by atoms with Crippen molar-refractivity contribution in [1.29, 1.82) is 0 Å². The lowest BCUT2D eigenvalue weighted by molar-refractivity contribution is -0.335. The first-order valence-electron chi connectivity index (χ1n) is 15.3. The van der Waals surface area contributed by atoms with Gasteiger partial charge in [-0.1, -0.05) is 6.42 Å². The zero-order valence-electron chi connectivity index (χ0n) is 25.3. The molecule has 3 aliphatic heterocycles. The lowest BCUT2D eigenvalue weighted by Crippen LogP contribution is -2.48. The quantitative estimate of drug-likeness (QED) is 0.205. The summed E-state index contributed by atoms with van der Waals surface area (Å²) in [5, 5.41) is 21.2. The molecule has 0 aliphatic carbocycles. The van der Waals surface area contributed by atoms with E-state index >= 15 is 0 Å².